The summed E-state index contributed by atoms with van der Waals surface area (Å²) in [6.45, 7) is 4.33. The summed E-state index contributed by atoms with van der Waals surface area (Å²) < 4.78 is 31.8. The van der Waals surface area contributed by atoms with E-state index in [2.05, 4.69) is 165 Å². The molecule has 0 saturated heterocycles. The van der Waals surface area contributed by atoms with Crippen molar-refractivity contribution < 1.29 is 8.78 Å². The molecule has 6 rings (SSSR count). The molecule has 0 N–H and O–H groups in total. The number of hydrogen-bond donors (Lipinski definition) is 0. The average Bonchev–Trinajstić information content (AvgIpc) is 3.03. The quantitative estimate of drug-likeness (QED) is 0.146. The Labute approximate surface area is 317 Å². The van der Waals surface area contributed by atoms with E-state index >= 15 is 0 Å². The van der Waals surface area contributed by atoms with Gasteiger partial charge in [0.25, 0.3) is 0 Å². The van der Waals surface area contributed by atoms with Gasteiger partial charge in [-0.05, 0) is 208 Å². The summed E-state index contributed by atoms with van der Waals surface area (Å²) in [5.74, 6) is -0.442. The Morgan fingerprint density at radius 2 is 0.911 bits per heavy atom. The largest absolute Gasteiger partial charge is 0.207 e. The van der Waals surface area contributed by atoms with Gasteiger partial charge in [-0.25, -0.2) is 8.78 Å². The lowest BCUT2D eigenvalue weighted by Gasteiger charge is -2.17. The predicted octanol–water partition coefficient (Wildman–Crippen LogP) is 13.3. The Hall–Kier alpha value is -1.90. The minimum absolute atomic E-state index is 0.220. The molecule has 0 aromatic heterocycles. The van der Waals surface area contributed by atoms with Gasteiger partial charge in [0, 0.05) is 14.3 Å². The number of hydrogen-bond acceptors (Lipinski definition) is 0. The van der Waals surface area contributed by atoms with Crippen LogP contribution < -0.4 is 0 Å². The van der Waals surface area contributed by atoms with E-state index in [1.807, 2.05) is 24.3 Å². The number of benzene rings is 6. The van der Waals surface area contributed by atoms with Gasteiger partial charge in [0.15, 0.2) is 0 Å². The molecule has 45 heavy (non-hydrogen) atoms. The number of halogens is 6. The highest BCUT2D eigenvalue weighted by Crippen LogP contribution is 2.37. The maximum atomic E-state index is 13.4. The molecular weight excluding hydrogens is 1010 g/mol. The van der Waals surface area contributed by atoms with Gasteiger partial charge >= 0.3 is 0 Å². The Bertz CT molecular complexity index is 1900. The van der Waals surface area contributed by atoms with Crippen molar-refractivity contribution >= 4 is 90.4 Å². The molecule has 0 atom stereocenters. The van der Waals surface area contributed by atoms with Gasteiger partial charge in [-0.2, -0.15) is 0 Å². The molecule has 0 nitrogen and oxygen atoms in total. The van der Waals surface area contributed by atoms with E-state index in [4.69, 9.17) is 0 Å². The molecule has 6 heteroatoms. The van der Waals surface area contributed by atoms with Crippen molar-refractivity contribution in [3.05, 3.63) is 157 Å². The lowest BCUT2D eigenvalue weighted by Crippen LogP contribution is -2.00. The van der Waals surface area contributed by atoms with Crippen molar-refractivity contribution in [1.29, 1.82) is 0 Å². The molecule has 0 spiro atoms. The second-order valence-corrected chi connectivity index (χ2v) is 15.4. The lowest BCUT2D eigenvalue weighted by molar-refractivity contribution is 0.627. The molecule has 0 amide bonds. The molecule has 0 heterocycles. The summed E-state index contributed by atoms with van der Waals surface area (Å²) in [7, 11) is 0. The fourth-order valence-electron chi connectivity index (χ4n) is 5.62. The van der Waals surface area contributed by atoms with E-state index in [-0.39, 0.29) is 11.6 Å². The van der Waals surface area contributed by atoms with Crippen LogP contribution in [-0.4, -0.2) is 0 Å². The second-order valence-electron chi connectivity index (χ2n) is 11.0. The van der Waals surface area contributed by atoms with Gasteiger partial charge in [-0.1, -0.05) is 78.9 Å². The Morgan fingerprint density at radius 1 is 0.444 bits per heavy atom. The second kappa shape index (κ2) is 14.1. The highest BCUT2D eigenvalue weighted by molar-refractivity contribution is 14.1. The summed E-state index contributed by atoms with van der Waals surface area (Å²) in [5, 5.41) is 0. The first-order valence-corrected chi connectivity index (χ1v) is 18.6. The van der Waals surface area contributed by atoms with E-state index in [1.54, 1.807) is 0 Å². The maximum absolute atomic E-state index is 13.4. The van der Waals surface area contributed by atoms with Crippen LogP contribution in [0.4, 0.5) is 8.78 Å². The van der Waals surface area contributed by atoms with E-state index in [0.29, 0.717) is 0 Å². The monoisotopic (exact) mass is 1040 g/mol. The minimum atomic E-state index is -0.222. The number of aryl methyl sites for hydroxylation is 1. The van der Waals surface area contributed by atoms with Crippen LogP contribution in [0, 0.1) is 39.8 Å². The van der Waals surface area contributed by atoms with Crippen LogP contribution in [0.25, 0.3) is 44.5 Å². The summed E-state index contributed by atoms with van der Waals surface area (Å²) in [5.41, 5.74) is 14.2. The Balaban J connectivity index is 1.25. The normalized spacial score (nSPS) is 11.2. The molecular formula is C39H26F2I4. The van der Waals surface area contributed by atoms with Gasteiger partial charge in [0.05, 0.1) is 0 Å². The molecule has 0 aliphatic heterocycles. The van der Waals surface area contributed by atoms with Gasteiger partial charge < -0.3 is 0 Å². The highest BCUT2D eigenvalue weighted by Gasteiger charge is 2.16. The van der Waals surface area contributed by atoms with Gasteiger partial charge in [0.2, 0.25) is 0 Å². The van der Waals surface area contributed by atoms with Crippen molar-refractivity contribution in [2.45, 2.75) is 20.3 Å². The lowest BCUT2D eigenvalue weighted by atomic mass is 9.92. The molecule has 224 valence electrons. The summed E-state index contributed by atoms with van der Waals surface area (Å²) in [4.78, 5) is 0. The minimum Gasteiger partial charge on any atom is -0.207 e. The third kappa shape index (κ3) is 7.03. The first-order valence-electron chi connectivity index (χ1n) is 14.3. The maximum Gasteiger partial charge on any atom is 0.123 e. The SMILES string of the molecule is Cc1cc(-c2ccc(Cc3ccc(-c4ccc(-c5ccc(F)cc5)c(I)c4)c(I)c3I)c(C)c2I)ccc1-c1ccc(F)cc1. The van der Waals surface area contributed by atoms with Crippen molar-refractivity contribution in [3.8, 4) is 44.5 Å². The molecule has 6 aromatic rings. The standard InChI is InChI=1S/C39H26F2I4/c1-22-19-27(8-15-32(22)24-3-11-30(40)12-4-24)34-17-7-26(23(2)37(34)43)20-29-10-18-35(39(45)38(29)44)28-9-16-33(36(42)21-28)25-5-13-31(41)14-6-25/h3-19,21H,20H2,1-2H3. The van der Waals surface area contributed by atoms with Crippen molar-refractivity contribution in [2.75, 3.05) is 0 Å². The molecule has 0 fully saturated rings. The van der Waals surface area contributed by atoms with E-state index in [0.717, 1.165) is 32.2 Å². The summed E-state index contributed by atoms with van der Waals surface area (Å²) in [6.07, 6.45) is 0.861. The summed E-state index contributed by atoms with van der Waals surface area (Å²) in [6, 6.07) is 35.4. The zero-order valence-corrected chi connectivity index (χ0v) is 33.0. The number of rotatable bonds is 6. The summed E-state index contributed by atoms with van der Waals surface area (Å²) >= 11 is 9.84. The van der Waals surface area contributed by atoms with Crippen LogP contribution in [0.2, 0.25) is 0 Å². The molecule has 6 aromatic carbocycles. The van der Waals surface area contributed by atoms with Gasteiger partial charge in [0.1, 0.15) is 11.6 Å². The van der Waals surface area contributed by atoms with Gasteiger partial charge in [-0.15, -0.1) is 0 Å². The van der Waals surface area contributed by atoms with E-state index < -0.39 is 0 Å². The topological polar surface area (TPSA) is 0 Å². The first-order chi connectivity index (χ1) is 21.6. The van der Waals surface area contributed by atoms with Crippen molar-refractivity contribution in [3.63, 3.8) is 0 Å². The predicted molar refractivity (Wildman–Crippen MR) is 218 cm³/mol. The zero-order chi connectivity index (χ0) is 31.8. The Morgan fingerprint density at radius 3 is 1.49 bits per heavy atom. The van der Waals surface area contributed by atoms with Crippen LogP contribution in [0.1, 0.15) is 22.3 Å². The Kier molecular flexibility index (Phi) is 10.3. The van der Waals surface area contributed by atoms with Crippen LogP contribution in [0.15, 0.2) is 109 Å². The highest BCUT2D eigenvalue weighted by atomic mass is 127. The van der Waals surface area contributed by atoms with Crippen LogP contribution in [-0.2, 0) is 6.42 Å². The molecule has 0 aliphatic carbocycles. The molecule has 0 radical (unpaired) electrons. The molecule has 0 aliphatic rings. The van der Waals surface area contributed by atoms with Crippen LogP contribution >= 0.6 is 90.4 Å². The van der Waals surface area contributed by atoms with Gasteiger partial charge in [-0.3, -0.25) is 0 Å². The van der Waals surface area contributed by atoms with Crippen molar-refractivity contribution in [2.24, 2.45) is 0 Å². The van der Waals surface area contributed by atoms with Crippen molar-refractivity contribution in [1.82, 2.24) is 0 Å². The fraction of sp³-hybridized carbons (Fsp3) is 0.0769. The fourth-order valence-corrected chi connectivity index (χ4v) is 8.79. The smallest absolute Gasteiger partial charge is 0.123 e. The first kappa shape index (κ1) is 33.0. The van der Waals surface area contributed by atoms with E-state index in [1.165, 1.54) is 79.5 Å². The average molecular weight is 1040 g/mol. The zero-order valence-electron chi connectivity index (χ0n) is 24.4. The van der Waals surface area contributed by atoms with Crippen LogP contribution in [0.3, 0.4) is 0 Å². The van der Waals surface area contributed by atoms with Crippen LogP contribution in [0.5, 0.6) is 0 Å². The third-order valence-corrected chi connectivity index (χ3v) is 13.8. The molecule has 0 saturated carbocycles. The molecule has 0 unspecified atom stereocenters. The van der Waals surface area contributed by atoms with E-state index in [9.17, 15) is 8.78 Å². The third-order valence-electron chi connectivity index (χ3n) is 8.17. The molecule has 0 bridgehead atoms.